The number of ether oxygens (including phenoxy) is 1. The maximum atomic E-state index is 12.1. The van der Waals surface area contributed by atoms with E-state index in [4.69, 9.17) is 10.5 Å². The Balaban J connectivity index is 1.59. The molecule has 0 aliphatic heterocycles. The highest BCUT2D eigenvalue weighted by Gasteiger charge is 2.25. The molecule has 26 heavy (non-hydrogen) atoms. The number of rotatable bonds is 6. The van der Waals surface area contributed by atoms with E-state index in [9.17, 15) is 14.4 Å². The van der Waals surface area contributed by atoms with Crippen molar-refractivity contribution in [2.24, 2.45) is 5.73 Å². The van der Waals surface area contributed by atoms with Gasteiger partial charge in [0.25, 0.3) is 11.8 Å². The Kier molecular flexibility index (Phi) is 5.85. The number of anilines is 1. The number of hydrogen-bond donors (Lipinski definition) is 2. The largest absolute Gasteiger partial charge is 0.452 e. The van der Waals surface area contributed by atoms with Crippen LogP contribution in [0.15, 0.2) is 22.9 Å². The fourth-order valence-electron chi connectivity index (χ4n) is 2.80. The maximum Gasteiger partial charge on any atom is 0.331 e. The van der Waals surface area contributed by atoms with E-state index in [-0.39, 0.29) is 0 Å². The first-order valence-corrected chi connectivity index (χ1v) is 9.91. The molecule has 2 amide bonds. The summed E-state index contributed by atoms with van der Waals surface area (Å²) in [5, 5.41) is 6.88. The number of thiophene rings is 2. The molecule has 3 N–H and O–H groups in total. The van der Waals surface area contributed by atoms with Crippen molar-refractivity contribution < 1.29 is 19.1 Å². The normalized spacial score (nSPS) is 13.4. The zero-order valence-electron chi connectivity index (χ0n) is 13.9. The summed E-state index contributed by atoms with van der Waals surface area (Å²) in [6.07, 6.45) is 6.64. The monoisotopic (exact) mass is 390 g/mol. The van der Waals surface area contributed by atoms with Gasteiger partial charge in [-0.3, -0.25) is 9.59 Å². The highest BCUT2D eigenvalue weighted by molar-refractivity contribution is 7.17. The van der Waals surface area contributed by atoms with Crippen LogP contribution in [0.5, 0.6) is 0 Å². The van der Waals surface area contributed by atoms with E-state index >= 15 is 0 Å². The van der Waals surface area contributed by atoms with Gasteiger partial charge in [-0.2, -0.15) is 11.3 Å². The molecule has 0 radical (unpaired) electrons. The number of carbonyl (C=O) groups excluding carboxylic acids is 3. The first-order chi connectivity index (χ1) is 12.5. The van der Waals surface area contributed by atoms with Crippen LogP contribution >= 0.6 is 22.7 Å². The van der Waals surface area contributed by atoms with Crippen LogP contribution in [0, 0.1) is 0 Å². The second kappa shape index (κ2) is 8.29. The van der Waals surface area contributed by atoms with Crippen LogP contribution in [-0.2, 0) is 27.2 Å². The average molecular weight is 390 g/mol. The molecule has 0 atom stereocenters. The number of fused-ring (bicyclic) bond motifs is 1. The predicted molar refractivity (Wildman–Crippen MR) is 102 cm³/mol. The fraction of sp³-hybridized carbons (Fsp3) is 0.278. The first kappa shape index (κ1) is 18.3. The van der Waals surface area contributed by atoms with Gasteiger partial charge in [0.2, 0.25) is 0 Å². The molecule has 2 heterocycles. The molecule has 3 rings (SSSR count). The molecule has 136 valence electrons. The van der Waals surface area contributed by atoms with E-state index < -0.39 is 24.4 Å². The number of esters is 1. The minimum Gasteiger partial charge on any atom is -0.452 e. The Morgan fingerprint density at radius 3 is 2.81 bits per heavy atom. The molecule has 2 aromatic rings. The highest BCUT2D eigenvalue weighted by Crippen LogP contribution is 2.37. The number of nitrogens with one attached hydrogen (secondary N) is 1. The van der Waals surface area contributed by atoms with Gasteiger partial charge >= 0.3 is 5.97 Å². The van der Waals surface area contributed by atoms with Gasteiger partial charge in [0.1, 0.15) is 5.00 Å². The van der Waals surface area contributed by atoms with Gasteiger partial charge in [0.15, 0.2) is 6.61 Å². The Morgan fingerprint density at radius 1 is 1.27 bits per heavy atom. The second-order valence-electron chi connectivity index (χ2n) is 5.83. The van der Waals surface area contributed by atoms with Gasteiger partial charge in [0, 0.05) is 11.0 Å². The lowest BCUT2D eigenvalue weighted by Crippen LogP contribution is -2.22. The molecular weight excluding hydrogens is 372 g/mol. The minimum absolute atomic E-state index is 0.390. The highest BCUT2D eigenvalue weighted by atomic mass is 32.1. The standard InChI is InChI=1S/C18H18N2O4S2/c19-17(23)16-12-3-1-2-4-13(12)26-18(16)20-14(21)9-24-15(22)6-5-11-7-8-25-10-11/h5-8,10H,1-4,9H2,(H2,19,23)(H,20,21)/b6-5+. The summed E-state index contributed by atoms with van der Waals surface area (Å²) in [7, 11) is 0. The zero-order valence-corrected chi connectivity index (χ0v) is 15.6. The SMILES string of the molecule is NC(=O)c1c(NC(=O)COC(=O)/C=C/c2ccsc2)sc2c1CCCC2. The van der Waals surface area contributed by atoms with Gasteiger partial charge < -0.3 is 15.8 Å². The van der Waals surface area contributed by atoms with Gasteiger partial charge in [-0.15, -0.1) is 11.3 Å². The number of amides is 2. The molecule has 1 aliphatic carbocycles. The lowest BCUT2D eigenvalue weighted by Gasteiger charge is -2.11. The van der Waals surface area contributed by atoms with Crippen LogP contribution in [0.4, 0.5) is 5.00 Å². The molecule has 0 saturated heterocycles. The molecule has 0 fully saturated rings. The van der Waals surface area contributed by atoms with Crippen LogP contribution < -0.4 is 11.1 Å². The van der Waals surface area contributed by atoms with Crippen molar-refractivity contribution >= 4 is 51.5 Å². The van der Waals surface area contributed by atoms with Crippen molar-refractivity contribution in [3.63, 3.8) is 0 Å². The molecule has 8 heteroatoms. The Hall–Kier alpha value is -2.45. The molecule has 1 aliphatic rings. The van der Waals surface area contributed by atoms with Crippen molar-refractivity contribution in [2.45, 2.75) is 25.7 Å². The lowest BCUT2D eigenvalue weighted by molar-refractivity contribution is -0.142. The summed E-state index contributed by atoms with van der Waals surface area (Å²) in [4.78, 5) is 36.6. The summed E-state index contributed by atoms with van der Waals surface area (Å²) < 4.78 is 4.93. The summed E-state index contributed by atoms with van der Waals surface area (Å²) in [6, 6.07) is 1.87. The van der Waals surface area contributed by atoms with Crippen LogP contribution in [-0.4, -0.2) is 24.4 Å². The Labute approximate surface area is 158 Å². The third-order valence-corrected chi connectivity index (χ3v) is 5.88. The maximum absolute atomic E-state index is 12.1. The van der Waals surface area contributed by atoms with Crippen molar-refractivity contribution in [3.8, 4) is 0 Å². The lowest BCUT2D eigenvalue weighted by atomic mass is 9.95. The molecular formula is C18H18N2O4S2. The van der Waals surface area contributed by atoms with E-state index in [1.165, 1.54) is 28.7 Å². The Bertz CT molecular complexity index is 853. The average Bonchev–Trinajstić information content (AvgIpc) is 3.25. The number of primary amides is 1. The van der Waals surface area contributed by atoms with Crippen molar-refractivity contribution in [1.29, 1.82) is 0 Å². The van der Waals surface area contributed by atoms with Crippen molar-refractivity contribution in [3.05, 3.63) is 44.5 Å². The number of nitrogens with two attached hydrogens (primary N) is 1. The number of hydrogen-bond acceptors (Lipinski definition) is 6. The third-order valence-electron chi connectivity index (χ3n) is 3.97. The quantitative estimate of drug-likeness (QED) is 0.585. The molecule has 0 unspecified atom stereocenters. The van der Waals surface area contributed by atoms with Crippen LogP contribution in [0.1, 0.15) is 39.2 Å². The first-order valence-electron chi connectivity index (χ1n) is 8.16. The van der Waals surface area contributed by atoms with Gasteiger partial charge in [0.05, 0.1) is 5.56 Å². The van der Waals surface area contributed by atoms with Crippen LogP contribution in [0.3, 0.4) is 0 Å². The molecule has 0 spiro atoms. The Morgan fingerprint density at radius 2 is 2.08 bits per heavy atom. The molecule has 0 aromatic carbocycles. The molecule has 6 nitrogen and oxygen atoms in total. The van der Waals surface area contributed by atoms with Gasteiger partial charge in [-0.05, 0) is 59.7 Å². The van der Waals surface area contributed by atoms with Gasteiger partial charge in [-0.1, -0.05) is 0 Å². The van der Waals surface area contributed by atoms with E-state index in [2.05, 4.69) is 5.32 Å². The van der Waals surface area contributed by atoms with E-state index in [1.54, 1.807) is 6.08 Å². The van der Waals surface area contributed by atoms with Crippen LogP contribution in [0.2, 0.25) is 0 Å². The smallest absolute Gasteiger partial charge is 0.331 e. The summed E-state index contributed by atoms with van der Waals surface area (Å²) in [5.41, 5.74) is 7.72. The second-order valence-corrected chi connectivity index (χ2v) is 7.71. The number of carbonyl (C=O) groups is 3. The minimum atomic E-state index is -0.605. The van der Waals surface area contributed by atoms with Crippen LogP contribution in [0.25, 0.3) is 6.08 Å². The van der Waals surface area contributed by atoms with Crippen molar-refractivity contribution in [2.75, 3.05) is 11.9 Å². The number of aryl methyl sites for hydroxylation is 1. The van der Waals surface area contributed by atoms with E-state index in [1.807, 2.05) is 16.8 Å². The molecule has 0 saturated carbocycles. The van der Waals surface area contributed by atoms with E-state index in [0.29, 0.717) is 10.6 Å². The summed E-state index contributed by atoms with van der Waals surface area (Å²) in [5.74, 6) is -1.65. The van der Waals surface area contributed by atoms with E-state index in [0.717, 1.165) is 41.7 Å². The third kappa shape index (κ3) is 4.39. The van der Waals surface area contributed by atoms with Gasteiger partial charge in [-0.25, -0.2) is 4.79 Å². The summed E-state index contributed by atoms with van der Waals surface area (Å²) >= 11 is 2.90. The molecule has 0 bridgehead atoms. The molecule has 2 aromatic heterocycles. The topological polar surface area (TPSA) is 98.5 Å². The summed E-state index contributed by atoms with van der Waals surface area (Å²) in [6.45, 7) is -0.423. The zero-order chi connectivity index (χ0) is 18.5. The fourth-order valence-corrected chi connectivity index (χ4v) is 4.74. The predicted octanol–water partition coefficient (Wildman–Crippen LogP) is 2.98. The van der Waals surface area contributed by atoms with Crippen molar-refractivity contribution in [1.82, 2.24) is 0 Å².